The third kappa shape index (κ3) is 6.03. The van der Waals surface area contributed by atoms with Crippen LogP contribution in [0.4, 0.5) is 9.18 Å². The predicted octanol–water partition coefficient (Wildman–Crippen LogP) is 1.97. The van der Waals surface area contributed by atoms with Gasteiger partial charge >= 0.3 is 12.0 Å². The topological polar surface area (TPSA) is 95.5 Å². The van der Waals surface area contributed by atoms with Gasteiger partial charge in [-0.2, -0.15) is 0 Å². The van der Waals surface area contributed by atoms with E-state index in [1.54, 1.807) is 13.0 Å². The van der Waals surface area contributed by atoms with Gasteiger partial charge in [-0.1, -0.05) is 18.2 Å². The minimum absolute atomic E-state index is 0.0617. The zero-order valence-corrected chi connectivity index (χ0v) is 11.6. The van der Waals surface area contributed by atoms with E-state index in [4.69, 9.17) is 5.11 Å². The highest BCUT2D eigenvalue weighted by molar-refractivity contribution is 5.94. The van der Waals surface area contributed by atoms with Crippen LogP contribution in [0.15, 0.2) is 24.3 Å². The number of imide groups is 1. The standard InChI is InChI=1S/C14H17FN2O4/c1-9(10-5-2-3-6-11(10)15)16-14(21)17-12(18)7-4-8-13(19)20/h2-3,5-6,9H,4,7-8H2,1H3,(H,19,20)(H2,16,17,18,21). The zero-order valence-electron chi connectivity index (χ0n) is 11.6. The number of hydrogen-bond acceptors (Lipinski definition) is 3. The van der Waals surface area contributed by atoms with E-state index in [0.29, 0.717) is 5.56 Å². The first-order valence-corrected chi connectivity index (χ1v) is 6.46. The first-order valence-electron chi connectivity index (χ1n) is 6.46. The van der Waals surface area contributed by atoms with Gasteiger partial charge in [0.2, 0.25) is 5.91 Å². The fraction of sp³-hybridized carbons (Fsp3) is 0.357. The molecule has 0 saturated heterocycles. The Morgan fingerprint density at radius 3 is 2.52 bits per heavy atom. The molecule has 1 aromatic carbocycles. The van der Waals surface area contributed by atoms with E-state index in [1.165, 1.54) is 18.2 Å². The molecule has 1 rings (SSSR count). The van der Waals surface area contributed by atoms with Gasteiger partial charge in [0, 0.05) is 18.4 Å². The molecule has 0 heterocycles. The minimum Gasteiger partial charge on any atom is -0.481 e. The van der Waals surface area contributed by atoms with Crippen LogP contribution < -0.4 is 10.6 Å². The molecule has 1 atom stereocenters. The van der Waals surface area contributed by atoms with Crippen molar-refractivity contribution >= 4 is 17.9 Å². The number of aliphatic carboxylic acids is 1. The SMILES string of the molecule is CC(NC(=O)NC(=O)CCCC(=O)O)c1ccccc1F. The van der Waals surface area contributed by atoms with Crippen LogP contribution in [-0.4, -0.2) is 23.0 Å². The van der Waals surface area contributed by atoms with Gasteiger partial charge in [0.15, 0.2) is 0 Å². The second-order valence-electron chi connectivity index (χ2n) is 4.51. The molecule has 0 aliphatic carbocycles. The van der Waals surface area contributed by atoms with Crippen LogP contribution in [0.1, 0.15) is 37.8 Å². The van der Waals surface area contributed by atoms with E-state index < -0.39 is 29.8 Å². The molecule has 0 spiro atoms. The van der Waals surface area contributed by atoms with E-state index in [9.17, 15) is 18.8 Å². The van der Waals surface area contributed by atoms with Gasteiger partial charge in [-0.15, -0.1) is 0 Å². The molecule has 3 N–H and O–H groups in total. The second-order valence-corrected chi connectivity index (χ2v) is 4.51. The lowest BCUT2D eigenvalue weighted by molar-refractivity contribution is -0.137. The van der Waals surface area contributed by atoms with E-state index >= 15 is 0 Å². The van der Waals surface area contributed by atoms with Crippen molar-refractivity contribution in [3.63, 3.8) is 0 Å². The van der Waals surface area contributed by atoms with E-state index in [-0.39, 0.29) is 19.3 Å². The van der Waals surface area contributed by atoms with Gasteiger partial charge in [-0.05, 0) is 19.4 Å². The number of benzene rings is 1. The number of carbonyl (C=O) groups is 3. The third-order valence-corrected chi connectivity index (χ3v) is 2.77. The van der Waals surface area contributed by atoms with Crippen molar-refractivity contribution in [1.82, 2.24) is 10.6 Å². The van der Waals surface area contributed by atoms with Crippen molar-refractivity contribution in [3.8, 4) is 0 Å². The first-order chi connectivity index (χ1) is 9.90. The molecule has 1 aromatic rings. The van der Waals surface area contributed by atoms with Crippen molar-refractivity contribution in [1.29, 1.82) is 0 Å². The van der Waals surface area contributed by atoms with Crippen LogP contribution in [-0.2, 0) is 9.59 Å². The highest BCUT2D eigenvalue weighted by Gasteiger charge is 2.14. The zero-order chi connectivity index (χ0) is 15.8. The molecular weight excluding hydrogens is 279 g/mol. The Kier molecular flexibility index (Phi) is 6.32. The number of rotatable bonds is 6. The summed E-state index contributed by atoms with van der Waals surface area (Å²) >= 11 is 0. The summed E-state index contributed by atoms with van der Waals surface area (Å²) in [6.45, 7) is 1.59. The fourth-order valence-corrected chi connectivity index (χ4v) is 1.73. The van der Waals surface area contributed by atoms with Crippen molar-refractivity contribution in [3.05, 3.63) is 35.6 Å². The number of halogens is 1. The summed E-state index contributed by atoms with van der Waals surface area (Å²) in [6, 6.07) is 4.66. The first kappa shape index (κ1) is 16.6. The Labute approximate surface area is 121 Å². The highest BCUT2D eigenvalue weighted by atomic mass is 19.1. The van der Waals surface area contributed by atoms with Gasteiger partial charge in [0.05, 0.1) is 6.04 Å². The van der Waals surface area contributed by atoms with Crippen molar-refractivity contribution in [2.75, 3.05) is 0 Å². The third-order valence-electron chi connectivity index (χ3n) is 2.77. The highest BCUT2D eigenvalue weighted by Crippen LogP contribution is 2.15. The Bertz CT molecular complexity index is 533. The maximum atomic E-state index is 13.5. The molecule has 0 aromatic heterocycles. The Morgan fingerprint density at radius 1 is 1.24 bits per heavy atom. The summed E-state index contributed by atoms with van der Waals surface area (Å²) in [5, 5.41) is 12.9. The molecule has 7 heteroatoms. The number of urea groups is 1. The molecular formula is C14H17FN2O4. The van der Waals surface area contributed by atoms with Crippen LogP contribution >= 0.6 is 0 Å². The van der Waals surface area contributed by atoms with Crippen LogP contribution in [0.25, 0.3) is 0 Å². The summed E-state index contributed by atoms with van der Waals surface area (Å²) in [6.07, 6.45) is -0.0498. The van der Waals surface area contributed by atoms with E-state index in [0.717, 1.165) is 0 Å². The Hall–Kier alpha value is -2.44. The quantitative estimate of drug-likeness (QED) is 0.748. The minimum atomic E-state index is -1.000. The van der Waals surface area contributed by atoms with E-state index in [2.05, 4.69) is 10.6 Å². The Morgan fingerprint density at radius 2 is 1.90 bits per heavy atom. The molecule has 0 aliphatic heterocycles. The van der Waals surface area contributed by atoms with E-state index in [1.807, 2.05) is 0 Å². The van der Waals surface area contributed by atoms with Gasteiger partial charge in [0.25, 0.3) is 0 Å². The number of nitrogens with one attached hydrogen (secondary N) is 2. The molecule has 0 aliphatic rings. The summed E-state index contributed by atoms with van der Waals surface area (Å²) in [4.78, 5) is 33.2. The molecule has 21 heavy (non-hydrogen) atoms. The molecule has 1 unspecified atom stereocenters. The lowest BCUT2D eigenvalue weighted by Gasteiger charge is -2.15. The van der Waals surface area contributed by atoms with Crippen LogP contribution in [0, 0.1) is 5.82 Å². The van der Waals surface area contributed by atoms with Gasteiger partial charge in [-0.3, -0.25) is 14.9 Å². The number of hydrogen-bond donors (Lipinski definition) is 3. The maximum absolute atomic E-state index is 13.5. The number of amides is 3. The molecule has 0 saturated carbocycles. The average molecular weight is 296 g/mol. The fourth-order valence-electron chi connectivity index (χ4n) is 1.73. The van der Waals surface area contributed by atoms with Gasteiger partial charge in [0.1, 0.15) is 5.82 Å². The number of carboxylic acid groups (broad SMARTS) is 1. The van der Waals surface area contributed by atoms with Crippen LogP contribution in [0.3, 0.4) is 0 Å². The smallest absolute Gasteiger partial charge is 0.321 e. The molecule has 0 bridgehead atoms. The molecule has 6 nitrogen and oxygen atoms in total. The van der Waals surface area contributed by atoms with Crippen LogP contribution in [0.2, 0.25) is 0 Å². The maximum Gasteiger partial charge on any atom is 0.321 e. The average Bonchev–Trinajstić information content (AvgIpc) is 2.38. The normalized spacial score (nSPS) is 11.5. The van der Waals surface area contributed by atoms with Crippen molar-refractivity contribution in [2.45, 2.75) is 32.2 Å². The predicted molar refractivity (Wildman–Crippen MR) is 73.0 cm³/mol. The number of carboxylic acids is 1. The molecule has 0 fully saturated rings. The monoisotopic (exact) mass is 296 g/mol. The van der Waals surface area contributed by atoms with Crippen LogP contribution in [0.5, 0.6) is 0 Å². The molecule has 114 valence electrons. The summed E-state index contributed by atoms with van der Waals surface area (Å²) in [5.74, 6) is -2.02. The summed E-state index contributed by atoms with van der Waals surface area (Å²) in [5.41, 5.74) is 0.311. The van der Waals surface area contributed by atoms with Crippen molar-refractivity contribution < 1.29 is 23.9 Å². The lowest BCUT2D eigenvalue weighted by atomic mass is 10.1. The lowest BCUT2D eigenvalue weighted by Crippen LogP contribution is -2.40. The second kappa shape index (κ2) is 7.98. The Balaban J connectivity index is 2.41. The summed E-state index contributed by atoms with van der Waals surface area (Å²) in [7, 11) is 0. The summed E-state index contributed by atoms with van der Waals surface area (Å²) < 4.78 is 13.5. The van der Waals surface area contributed by atoms with Crippen molar-refractivity contribution in [2.24, 2.45) is 0 Å². The number of carbonyl (C=O) groups excluding carboxylic acids is 2. The van der Waals surface area contributed by atoms with Gasteiger partial charge in [-0.25, -0.2) is 9.18 Å². The molecule has 0 radical (unpaired) electrons. The van der Waals surface area contributed by atoms with Gasteiger partial charge < -0.3 is 10.4 Å². The molecule has 3 amide bonds. The largest absolute Gasteiger partial charge is 0.481 e.